The van der Waals surface area contributed by atoms with Gasteiger partial charge in [0.25, 0.3) is 0 Å². The Morgan fingerprint density at radius 3 is 2.57 bits per heavy atom. The first-order valence-corrected chi connectivity index (χ1v) is 8.87. The molecule has 2 aliphatic rings. The fourth-order valence-corrected chi connectivity index (χ4v) is 4.37. The van der Waals surface area contributed by atoms with Gasteiger partial charge in [-0.15, -0.1) is 0 Å². The van der Waals surface area contributed by atoms with E-state index < -0.39 is 0 Å². The summed E-state index contributed by atoms with van der Waals surface area (Å²) in [4.78, 5) is 5.07. The van der Waals surface area contributed by atoms with Gasteiger partial charge in [0.1, 0.15) is 5.82 Å². The minimum atomic E-state index is 0.259. The van der Waals surface area contributed by atoms with Crippen molar-refractivity contribution in [2.75, 3.05) is 13.1 Å². The molecular weight excluding hydrogens is 260 g/mol. The Kier molecular flexibility index (Phi) is 4.63. The van der Waals surface area contributed by atoms with Gasteiger partial charge in [0.05, 0.1) is 0 Å². The summed E-state index contributed by atoms with van der Waals surface area (Å²) in [6.07, 6.45) is 11.5. The maximum Gasteiger partial charge on any atom is 0.154 e. The van der Waals surface area contributed by atoms with Crippen LogP contribution in [0, 0.1) is 0 Å². The lowest BCUT2D eigenvalue weighted by atomic mass is 9.74. The molecule has 2 heterocycles. The summed E-state index contributed by atoms with van der Waals surface area (Å²) >= 11 is 0. The van der Waals surface area contributed by atoms with Gasteiger partial charge in [0, 0.05) is 18.4 Å². The second-order valence-electron chi connectivity index (χ2n) is 7.03. The normalized spacial score (nSPS) is 23.3. The van der Waals surface area contributed by atoms with E-state index in [1.165, 1.54) is 63.6 Å². The number of aromatic nitrogens is 3. The lowest BCUT2D eigenvalue weighted by Gasteiger charge is -2.36. The summed E-state index contributed by atoms with van der Waals surface area (Å²) in [5, 5.41) is 8.32. The summed E-state index contributed by atoms with van der Waals surface area (Å²) < 4.78 is 2.10. The van der Waals surface area contributed by atoms with E-state index in [1.807, 2.05) is 0 Å². The summed E-state index contributed by atoms with van der Waals surface area (Å²) in [6.45, 7) is 4.53. The molecule has 1 saturated carbocycles. The van der Waals surface area contributed by atoms with Crippen LogP contribution >= 0.6 is 0 Å². The molecule has 1 N–H and O–H groups in total. The Balaban J connectivity index is 1.87. The van der Waals surface area contributed by atoms with E-state index in [0.717, 1.165) is 18.9 Å². The van der Waals surface area contributed by atoms with Crippen molar-refractivity contribution in [1.82, 2.24) is 20.1 Å². The summed E-state index contributed by atoms with van der Waals surface area (Å²) in [5.41, 5.74) is 0.259. The number of aryl methyl sites for hydroxylation is 1. The van der Waals surface area contributed by atoms with Crippen LogP contribution < -0.4 is 5.32 Å². The van der Waals surface area contributed by atoms with Crippen LogP contribution in [-0.2, 0) is 12.5 Å². The number of nitrogens with zero attached hydrogens (tertiary/aromatic N) is 3. The molecule has 4 heteroatoms. The summed E-state index contributed by atoms with van der Waals surface area (Å²) in [5.74, 6) is 2.99. The van der Waals surface area contributed by atoms with Gasteiger partial charge in [-0.3, -0.25) is 4.68 Å². The highest BCUT2D eigenvalue weighted by molar-refractivity contribution is 5.13. The molecule has 1 aliphatic heterocycles. The number of hydrogen-bond donors (Lipinski definition) is 1. The topological polar surface area (TPSA) is 42.7 Å². The van der Waals surface area contributed by atoms with Crippen LogP contribution in [0.5, 0.6) is 0 Å². The van der Waals surface area contributed by atoms with Gasteiger partial charge in [0.15, 0.2) is 5.82 Å². The number of hydrogen-bond acceptors (Lipinski definition) is 3. The molecule has 0 atom stereocenters. The van der Waals surface area contributed by atoms with Gasteiger partial charge in [-0.05, 0) is 45.2 Å². The van der Waals surface area contributed by atoms with E-state index in [4.69, 9.17) is 10.1 Å². The second-order valence-corrected chi connectivity index (χ2v) is 7.03. The number of rotatable bonds is 4. The fourth-order valence-electron chi connectivity index (χ4n) is 4.37. The van der Waals surface area contributed by atoms with Crippen molar-refractivity contribution in [1.29, 1.82) is 0 Å². The number of piperidine rings is 1. The molecular formula is C17H30N4. The SMILES string of the molecule is CCCC1(c2nc(C3CCCCC3)nn2C)CCNCC1. The Labute approximate surface area is 128 Å². The van der Waals surface area contributed by atoms with E-state index in [2.05, 4.69) is 24.0 Å². The Hall–Kier alpha value is -0.900. The first-order valence-electron chi connectivity index (χ1n) is 8.87. The maximum atomic E-state index is 5.07. The highest BCUT2D eigenvalue weighted by Gasteiger charge is 2.38. The molecule has 118 valence electrons. The number of nitrogens with one attached hydrogen (secondary N) is 1. The average molecular weight is 290 g/mol. The van der Waals surface area contributed by atoms with E-state index in [9.17, 15) is 0 Å². The van der Waals surface area contributed by atoms with Crippen LogP contribution in [0.1, 0.15) is 82.3 Å². The smallest absolute Gasteiger partial charge is 0.154 e. The fraction of sp³-hybridized carbons (Fsp3) is 0.882. The molecule has 4 nitrogen and oxygen atoms in total. The zero-order chi connectivity index (χ0) is 14.7. The Morgan fingerprint density at radius 1 is 1.19 bits per heavy atom. The molecule has 0 amide bonds. The standard InChI is InChI=1S/C17H30N4/c1-3-9-17(10-12-18-13-11-17)16-19-15(20-21(16)2)14-7-5-4-6-8-14/h14,18H,3-13H2,1-2H3. The third-order valence-corrected chi connectivity index (χ3v) is 5.51. The van der Waals surface area contributed by atoms with E-state index in [-0.39, 0.29) is 5.41 Å². The van der Waals surface area contributed by atoms with Crippen molar-refractivity contribution < 1.29 is 0 Å². The van der Waals surface area contributed by atoms with Crippen molar-refractivity contribution >= 4 is 0 Å². The molecule has 0 unspecified atom stereocenters. The molecule has 0 aromatic carbocycles. The summed E-state index contributed by atoms with van der Waals surface area (Å²) in [6, 6.07) is 0. The predicted molar refractivity (Wildman–Crippen MR) is 85.5 cm³/mol. The van der Waals surface area contributed by atoms with Crippen molar-refractivity contribution in [3.63, 3.8) is 0 Å². The van der Waals surface area contributed by atoms with E-state index in [0.29, 0.717) is 5.92 Å². The highest BCUT2D eigenvalue weighted by Crippen LogP contribution is 2.38. The summed E-state index contributed by atoms with van der Waals surface area (Å²) in [7, 11) is 2.11. The molecule has 21 heavy (non-hydrogen) atoms. The van der Waals surface area contributed by atoms with Crippen LogP contribution in [0.2, 0.25) is 0 Å². The molecule has 1 aromatic heterocycles. The van der Waals surface area contributed by atoms with Crippen LogP contribution in [0.4, 0.5) is 0 Å². The van der Waals surface area contributed by atoms with Crippen molar-refractivity contribution in [2.45, 2.75) is 76.0 Å². The molecule has 2 fully saturated rings. The lowest BCUT2D eigenvalue weighted by Crippen LogP contribution is -2.41. The Morgan fingerprint density at radius 2 is 1.90 bits per heavy atom. The van der Waals surface area contributed by atoms with Gasteiger partial charge < -0.3 is 5.32 Å². The third kappa shape index (κ3) is 3.01. The molecule has 0 spiro atoms. The first kappa shape index (κ1) is 15.0. The molecule has 1 saturated heterocycles. The molecule has 0 radical (unpaired) electrons. The molecule has 3 rings (SSSR count). The van der Waals surface area contributed by atoms with Crippen molar-refractivity contribution in [3.8, 4) is 0 Å². The first-order chi connectivity index (χ1) is 10.2. The predicted octanol–water partition coefficient (Wildman–Crippen LogP) is 3.28. The zero-order valence-electron chi connectivity index (χ0n) is 13.7. The van der Waals surface area contributed by atoms with Crippen LogP contribution in [0.3, 0.4) is 0 Å². The van der Waals surface area contributed by atoms with E-state index in [1.54, 1.807) is 0 Å². The van der Waals surface area contributed by atoms with Crippen LogP contribution in [-0.4, -0.2) is 27.9 Å². The van der Waals surface area contributed by atoms with Crippen molar-refractivity contribution in [2.24, 2.45) is 7.05 Å². The van der Waals surface area contributed by atoms with Gasteiger partial charge in [-0.25, -0.2) is 4.98 Å². The quantitative estimate of drug-likeness (QED) is 0.925. The van der Waals surface area contributed by atoms with Crippen LogP contribution in [0.25, 0.3) is 0 Å². The highest BCUT2D eigenvalue weighted by atomic mass is 15.3. The lowest BCUT2D eigenvalue weighted by molar-refractivity contribution is 0.262. The molecule has 1 aromatic rings. The molecule has 1 aliphatic carbocycles. The minimum Gasteiger partial charge on any atom is -0.317 e. The maximum absolute atomic E-state index is 5.07. The van der Waals surface area contributed by atoms with Gasteiger partial charge in [0.2, 0.25) is 0 Å². The zero-order valence-corrected chi connectivity index (χ0v) is 13.7. The van der Waals surface area contributed by atoms with Gasteiger partial charge in [-0.1, -0.05) is 32.6 Å². The van der Waals surface area contributed by atoms with Gasteiger partial charge in [-0.2, -0.15) is 5.10 Å². The minimum absolute atomic E-state index is 0.259. The Bertz CT molecular complexity index is 448. The molecule has 0 bridgehead atoms. The monoisotopic (exact) mass is 290 g/mol. The van der Waals surface area contributed by atoms with Crippen LogP contribution in [0.15, 0.2) is 0 Å². The second kappa shape index (κ2) is 6.47. The van der Waals surface area contributed by atoms with Crippen molar-refractivity contribution in [3.05, 3.63) is 11.6 Å². The van der Waals surface area contributed by atoms with Gasteiger partial charge >= 0.3 is 0 Å². The van der Waals surface area contributed by atoms with E-state index >= 15 is 0 Å². The average Bonchev–Trinajstić information content (AvgIpc) is 2.92. The third-order valence-electron chi connectivity index (χ3n) is 5.51. The largest absolute Gasteiger partial charge is 0.317 e.